The molecule has 0 aliphatic carbocycles. The molecule has 94 valence electrons. The fourth-order valence-corrected chi connectivity index (χ4v) is 1.90. The first-order chi connectivity index (χ1) is 9.24. The van der Waals surface area contributed by atoms with Gasteiger partial charge in [-0.3, -0.25) is 0 Å². The predicted molar refractivity (Wildman–Crippen MR) is 71.2 cm³/mol. The van der Waals surface area contributed by atoms with Gasteiger partial charge in [-0.25, -0.2) is 9.07 Å². The third kappa shape index (κ3) is 2.18. The molecule has 3 rings (SSSR count). The molecule has 0 bridgehead atoms. The van der Waals surface area contributed by atoms with Crippen LogP contribution < -0.4 is 5.73 Å². The standard InChI is InChI=1S/C14H11FN4/c15-11-6-4-10(5-7-11)14-9-17-18-19(14)13-3-1-2-12(16)8-13/h1-9H,16H2. The van der Waals surface area contributed by atoms with Crippen molar-refractivity contribution in [3.05, 3.63) is 60.5 Å². The number of rotatable bonds is 2. The third-order valence-corrected chi connectivity index (χ3v) is 2.80. The van der Waals surface area contributed by atoms with E-state index < -0.39 is 0 Å². The molecule has 0 saturated heterocycles. The molecular formula is C14H11FN4. The van der Waals surface area contributed by atoms with E-state index in [9.17, 15) is 4.39 Å². The lowest BCUT2D eigenvalue weighted by molar-refractivity contribution is 0.628. The first kappa shape index (κ1) is 11.4. The Hall–Kier alpha value is -2.69. The molecule has 0 fully saturated rings. The Balaban J connectivity index is 2.10. The fourth-order valence-electron chi connectivity index (χ4n) is 1.90. The maximum atomic E-state index is 13.0. The molecule has 5 heteroatoms. The molecule has 0 aliphatic heterocycles. The molecule has 19 heavy (non-hydrogen) atoms. The van der Waals surface area contributed by atoms with Gasteiger partial charge in [0.15, 0.2) is 0 Å². The van der Waals surface area contributed by atoms with E-state index >= 15 is 0 Å². The first-order valence-electron chi connectivity index (χ1n) is 5.76. The highest BCUT2D eigenvalue weighted by molar-refractivity contribution is 5.61. The zero-order valence-electron chi connectivity index (χ0n) is 9.99. The van der Waals surface area contributed by atoms with Crippen LogP contribution in [0.1, 0.15) is 0 Å². The van der Waals surface area contributed by atoms with E-state index in [1.165, 1.54) is 12.1 Å². The summed E-state index contributed by atoms with van der Waals surface area (Å²) in [5, 5.41) is 7.95. The van der Waals surface area contributed by atoms with E-state index in [4.69, 9.17) is 5.73 Å². The minimum Gasteiger partial charge on any atom is -0.399 e. The summed E-state index contributed by atoms with van der Waals surface area (Å²) < 4.78 is 14.6. The number of nitrogen functional groups attached to an aromatic ring is 1. The quantitative estimate of drug-likeness (QED) is 0.715. The van der Waals surface area contributed by atoms with Crippen LogP contribution >= 0.6 is 0 Å². The minimum absolute atomic E-state index is 0.272. The summed E-state index contributed by atoms with van der Waals surface area (Å²) in [5.74, 6) is -0.272. The SMILES string of the molecule is Nc1cccc(-n2nncc2-c2ccc(F)cc2)c1. The molecule has 2 N–H and O–H groups in total. The summed E-state index contributed by atoms with van der Waals surface area (Å²) in [6.07, 6.45) is 1.64. The molecule has 0 amide bonds. The highest BCUT2D eigenvalue weighted by atomic mass is 19.1. The van der Waals surface area contributed by atoms with Gasteiger partial charge in [0, 0.05) is 11.3 Å². The number of benzene rings is 2. The molecule has 0 spiro atoms. The van der Waals surface area contributed by atoms with Crippen LogP contribution in [-0.2, 0) is 0 Å². The van der Waals surface area contributed by atoms with E-state index in [-0.39, 0.29) is 5.82 Å². The van der Waals surface area contributed by atoms with Gasteiger partial charge in [0.2, 0.25) is 0 Å². The van der Waals surface area contributed by atoms with Crippen LogP contribution in [0.15, 0.2) is 54.7 Å². The average Bonchev–Trinajstić information content (AvgIpc) is 2.89. The van der Waals surface area contributed by atoms with Crippen LogP contribution in [0.2, 0.25) is 0 Å². The second-order valence-electron chi connectivity index (χ2n) is 4.13. The van der Waals surface area contributed by atoms with Crippen LogP contribution in [0.5, 0.6) is 0 Å². The van der Waals surface area contributed by atoms with Crippen molar-refractivity contribution in [2.24, 2.45) is 0 Å². The van der Waals surface area contributed by atoms with Crippen molar-refractivity contribution < 1.29 is 4.39 Å². The summed E-state index contributed by atoms with van der Waals surface area (Å²) in [6, 6.07) is 13.5. The van der Waals surface area contributed by atoms with Crippen LogP contribution in [0.4, 0.5) is 10.1 Å². The molecule has 0 saturated carbocycles. The zero-order chi connectivity index (χ0) is 13.2. The normalized spacial score (nSPS) is 10.6. The highest BCUT2D eigenvalue weighted by Gasteiger charge is 2.08. The number of halogens is 1. The molecule has 0 unspecified atom stereocenters. The van der Waals surface area contributed by atoms with Gasteiger partial charge in [0.05, 0.1) is 17.6 Å². The molecule has 3 aromatic rings. The minimum atomic E-state index is -0.272. The van der Waals surface area contributed by atoms with Gasteiger partial charge in [-0.1, -0.05) is 11.3 Å². The molecular weight excluding hydrogens is 243 g/mol. The van der Waals surface area contributed by atoms with Gasteiger partial charge in [-0.05, 0) is 42.5 Å². The second-order valence-corrected chi connectivity index (χ2v) is 4.13. The predicted octanol–water partition coefficient (Wildman–Crippen LogP) is 2.66. The van der Waals surface area contributed by atoms with Gasteiger partial charge in [-0.2, -0.15) is 0 Å². The van der Waals surface area contributed by atoms with Crippen molar-refractivity contribution in [2.45, 2.75) is 0 Å². The van der Waals surface area contributed by atoms with Crippen molar-refractivity contribution in [1.29, 1.82) is 0 Å². The Morgan fingerprint density at radius 3 is 2.58 bits per heavy atom. The lowest BCUT2D eigenvalue weighted by atomic mass is 10.1. The Kier molecular flexibility index (Phi) is 2.72. The van der Waals surface area contributed by atoms with Crippen LogP contribution in [0.3, 0.4) is 0 Å². The highest BCUT2D eigenvalue weighted by Crippen LogP contribution is 2.22. The summed E-state index contributed by atoms with van der Waals surface area (Å²) in [4.78, 5) is 0. The van der Waals surface area contributed by atoms with Crippen molar-refractivity contribution in [3.8, 4) is 16.9 Å². The number of aromatic nitrogens is 3. The van der Waals surface area contributed by atoms with Crippen molar-refractivity contribution in [3.63, 3.8) is 0 Å². The van der Waals surface area contributed by atoms with Crippen LogP contribution in [0, 0.1) is 5.82 Å². The summed E-state index contributed by atoms with van der Waals surface area (Å²) in [7, 11) is 0. The zero-order valence-corrected chi connectivity index (χ0v) is 9.99. The molecule has 4 nitrogen and oxygen atoms in total. The number of nitrogens with two attached hydrogens (primary N) is 1. The fraction of sp³-hybridized carbons (Fsp3) is 0. The van der Waals surface area contributed by atoms with E-state index in [1.807, 2.05) is 18.2 Å². The smallest absolute Gasteiger partial charge is 0.123 e. The maximum absolute atomic E-state index is 13.0. The number of hydrogen-bond donors (Lipinski definition) is 1. The maximum Gasteiger partial charge on any atom is 0.123 e. The summed E-state index contributed by atoms with van der Waals surface area (Å²) in [6.45, 7) is 0. The Morgan fingerprint density at radius 2 is 1.84 bits per heavy atom. The molecule has 0 aliphatic rings. The second kappa shape index (κ2) is 4.53. The average molecular weight is 254 g/mol. The van der Waals surface area contributed by atoms with Crippen LogP contribution in [-0.4, -0.2) is 15.0 Å². The van der Waals surface area contributed by atoms with Crippen molar-refractivity contribution in [2.75, 3.05) is 5.73 Å². The number of anilines is 1. The summed E-state index contributed by atoms with van der Waals surface area (Å²) >= 11 is 0. The van der Waals surface area contributed by atoms with Gasteiger partial charge < -0.3 is 5.73 Å². The number of hydrogen-bond acceptors (Lipinski definition) is 3. The molecule has 0 atom stereocenters. The van der Waals surface area contributed by atoms with Gasteiger partial charge in [0.1, 0.15) is 5.82 Å². The van der Waals surface area contributed by atoms with Gasteiger partial charge in [0.25, 0.3) is 0 Å². The lowest BCUT2D eigenvalue weighted by Gasteiger charge is -2.06. The van der Waals surface area contributed by atoms with Crippen molar-refractivity contribution >= 4 is 5.69 Å². The van der Waals surface area contributed by atoms with E-state index in [2.05, 4.69) is 10.3 Å². The van der Waals surface area contributed by atoms with Gasteiger partial charge in [-0.15, -0.1) is 5.10 Å². The van der Waals surface area contributed by atoms with Crippen LogP contribution in [0.25, 0.3) is 16.9 Å². The summed E-state index contributed by atoms with van der Waals surface area (Å²) in [5.41, 5.74) is 8.85. The van der Waals surface area contributed by atoms with E-state index in [0.717, 1.165) is 16.9 Å². The molecule has 1 aromatic heterocycles. The van der Waals surface area contributed by atoms with E-state index in [0.29, 0.717) is 5.69 Å². The monoisotopic (exact) mass is 254 g/mol. The molecule has 2 aromatic carbocycles. The molecule has 0 radical (unpaired) electrons. The topological polar surface area (TPSA) is 56.7 Å². The third-order valence-electron chi connectivity index (χ3n) is 2.80. The first-order valence-corrected chi connectivity index (χ1v) is 5.76. The largest absolute Gasteiger partial charge is 0.399 e. The Bertz CT molecular complexity index is 703. The Labute approximate surface area is 109 Å². The number of nitrogens with zero attached hydrogens (tertiary/aromatic N) is 3. The Morgan fingerprint density at radius 1 is 1.05 bits per heavy atom. The van der Waals surface area contributed by atoms with E-state index in [1.54, 1.807) is 29.1 Å². The molecule has 1 heterocycles. The van der Waals surface area contributed by atoms with Gasteiger partial charge >= 0.3 is 0 Å². The lowest BCUT2D eigenvalue weighted by Crippen LogP contribution is -2.00. The van der Waals surface area contributed by atoms with Crippen molar-refractivity contribution in [1.82, 2.24) is 15.0 Å².